The van der Waals surface area contributed by atoms with Crippen molar-refractivity contribution in [1.29, 1.82) is 0 Å². The lowest BCUT2D eigenvalue weighted by Gasteiger charge is -2.33. The van der Waals surface area contributed by atoms with Crippen LogP contribution in [0, 0.1) is 6.92 Å². The minimum absolute atomic E-state index is 0.138. The molecule has 2 rings (SSSR count). The van der Waals surface area contributed by atoms with Gasteiger partial charge in [-0.2, -0.15) is 4.31 Å². The molecule has 0 spiro atoms. The van der Waals surface area contributed by atoms with Crippen LogP contribution in [0.25, 0.3) is 0 Å². The van der Waals surface area contributed by atoms with Crippen LogP contribution in [0.2, 0.25) is 0 Å². The van der Waals surface area contributed by atoms with E-state index in [0.717, 1.165) is 56.9 Å². The molecule has 1 saturated carbocycles. The predicted molar refractivity (Wildman–Crippen MR) is 111 cm³/mol. The van der Waals surface area contributed by atoms with E-state index in [4.69, 9.17) is 4.74 Å². The molecular formula is C21H34N2O4S. The highest BCUT2D eigenvalue weighted by molar-refractivity contribution is 7.89. The SMILES string of the molecule is CCCCCNC(=O)CN(C1CCCCC1)S(=O)(=O)c1cc(C)ccc1OC. The van der Waals surface area contributed by atoms with Gasteiger partial charge in [-0.1, -0.05) is 45.1 Å². The summed E-state index contributed by atoms with van der Waals surface area (Å²) in [6, 6.07) is 4.98. The summed E-state index contributed by atoms with van der Waals surface area (Å²) in [5.74, 6) is 0.0756. The second kappa shape index (κ2) is 10.8. The maximum Gasteiger partial charge on any atom is 0.247 e. The smallest absolute Gasteiger partial charge is 0.247 e. The van der Waals surface area contributed by atoms with Gasteiger partial charge in [0.15, 0.2) is 0 Å². The Morgan fingerprint density at radius 2 is 1.93 bits per heavy atom. The summed E-state index contributed by atoms with van der Waals surface area (Å²) >= 11 is 0. The van der Waals surface area contributed by atoms with Gasteiger partial charge < -0.3 is 10.1 Å². The monoisotopic (exact) mass is 410 g/mol. The highest BCUT2D eigenvalue weighted by atomic mass is 32.2. The van der Waals surface area contributed by atoms with Crippen LogP contribution in [0.3, 0.4) is 0 Å². The maximum absolute atomic E-state index is 13.5. The fourth-order valence-electron chi connectivity index (χ4n) is 3.69. The van der Waals surface area contributed by atoms with Crippen molar-refractivity contribution >= 4 is 15.9 Å². The number of benzene rings is 1. The summed E-state index contributed by atoms with van der Waals surface area (Å²) in [5, 5.41) is 2.87. The quantitative estimate of drug-likeness (QED) is 0.598. The Bertz CT molecular complexity index is 743. The van der Waals surface area contributed by atoms with Crippen LogP contribution >= 0.6 is 0 Å². The first-order chi connectivity index (χ1) is 13.4. The van der Waals surface area contributed by atoms with Crippen molar-refractivity contribution in [3.05, 3.63) is 23.8 Å². The molecule has 6 nitrogen and oxygen atoms in total. The maximum atomic E-state index is 13.5. The minimum atomic E-state index is -3.85. The highest BCUT2D eigenvalue weighted by Crippen LogP contribution is 2.32. The molecule has 1 fully saturated rings. The largest absolute Gasteiger partial charge is 0.495 e. The molecule has 1 N–H and O–H groups in total. The molecule has 0 aliphatic heterocycles. The number of nitrogens with zero attached hydrogens (tertiary/aromatic N) is 1. The Kier molecular flexibility index (Phi) is 8.76. The molecule has 0 unspecified atom stereocenters. The molecule has 1 amide bonds. The summed E-state index contributed by atoms with van der Waals surface area (Å²) < 4.78 is 33.8. The molecule has 1 aromatic rings. The number of nitrogens with one attached hydrogen (secondary N) is 1. The van der Waals surface area contributed by atoms with E-state index >= 15 is 0 Å². The van der Waals surface area contributed by atoms with Crippen molar-refractivity contribution in [2.75, 3.05) is 20.2 Å². The van der Waals surface area contributed by atoms with Gasteiger partial charge in [0.2, 0.25) is 15.9 Å². The third-order valence-electron chi connectivity index (χ3n) is 5.29. The van der Waals surface area contributed by atoms with E-state index in [0.29, 0.717) is 12.3 Å². The fraction of sp³-hybridized carbons (Fsp3) is 0.667. The van der Waals surface area contributed by atoms with Crippen LogP contribution < -0.4 is 10.1 Å². The first-order valence-corrected chi connectivity index (χ1v) is 11.8. The van der Waals surface area contributed by atoms with E-state index in [2.05, 4.69) is 12.2 Å². The van der Waals surface area contributed by atoms with Gasteiger partial charge in [-0.15, -0.1) is 0 Å². The molecule has 28 heavy (non-hydrogen) atoms. The lowest BCUT2D eigenvalue weighted by Crippen LogP contribution is -2.47. The molecule has 0 atom stereocenters. The van der Waals surface area contributed by atoms with E-state index in [1.165, 1.54) is 11.4 Å². The van der Waals surface area contributed by atoms with Gasteiger partial charge in [0, 0.05) is 12.6 Å². The van der Waals surface area contributed by atoms with Crippen molar-refractivity contribution in [3.8, 4) is 5.75 Å². The first kappa shape index (κ1) is 22.7. The van der Waals surface area contributed by atoms with Crippen LogP contribution in [-0.4, -0.2) is 44.9 Å². The number of carbonyl (C=O) groups excluding carboxylic acids is 1. The zero-order valence-electron chi connectivity index (χ0n) is 17.4. The number of aryl methyl sites for hydroxylation is 1. The van der Waals surface area contributed by atoms with Crippen molar-refractivity contribution < 1.29 is 17.9 Å². The summed E-state index contributed by atoms with van der Waals surface area (Å²) in [6.07, 6.45) is 7.69. The van der Waals surface area contributed by atoms with Crippen molar-refractivity contribution in [2.45, 2.75) is 76.2 Å². The topological polar surface area (TPSA) is 75.7 Å². The third kappa shape index (κ3) is 5.95. The number of unbranched alkanes of at least 4 members (excludes halogenated alkanes) is 2. The zero-order chi connectivity index (χ0) is 20.6. The fourth-order valence-corrected chi connectivity index (χ4v) is 5.58. The minimum Gasteiger partial charge on any atom is -0.495 e. The molecule has 0 aromatic heterocycles. The van der Waals surface area contributed by atoms with Crippen LogP contribution in [-0.2, 0) is 14.8 Å². The number of hydrogen-bond donors (Lipinski definition) is 1. The number of methoxy groups -OCH3 is 1. The van der Waals surface area contributed by atoms with E-state index in [-0.39, 0.29) is 23.4 Å². The number of carbonyl (C=O) groups is 1. The van der Waals surface area contributed by atoms with Crippen molar-refractivity contribution in [2.24, 2.45) is 0 Å². The van der Waals surface area contributed by atoms with Gasteiger partial charge in [0.1, 0.15) is 10.6 Å². The van der Waals surface area contributed by atoms with E-state index < -0.39 is 10.0 Å². The number of ether oxygens (including phenoxy) is 1. The van der Waals surface area contributed by atoms with E-state index in [9.17, 15) is 13.2 Å². The molecule has 0 bridgehead atoms. The van der Waals surface area contributed by atoms with Gasteiger partial charge in [0.05, 0.1) is 13.7 Å². The van der Waals surface area contributed by atoms with Gasteiger partial charge in [-0.05, 0) is 43.9 Å². The Hall–Kier alpha value is -1.60. The number of rotatable bonds is 10. The summed E-state index contributed by atoms with van der Waals surface area (Å²) in [5.41, 5.74) is 0.840. The molecule has 0 heterocycles. The van der Waals surface area contributed by atoms with Crippen LogP contribution in [0.1, 0.15) is 63.9 Å². The van der Waals surface area contributed by atoms with Gasteiger partial charge in [0.25, 0.3) is 0 Å². The highest BCUT2D eigenvalue weighted by Gasteiger charge is 2.35. The molecule has 0 saturated heterocycles. The van der Waals surface area contributed by atoms with E-state index in [1.54, 1.807) is 12.1 Å². The number of sulfonamides is 1. The Labute approximate surface area is 169 Å². The van der Waals surface area contributed by atoms with Crippen LogP contribution in [0.15, 0.2) is 23.1 Å². The Morgan fingerprint density at radius 3 is 2.57 bits per heavy atom. The summed E-state index contributed by atoms with van der Waals surface area (Å²) in [6.45, 7) is 4.40. The van der Waals surface area contributed by atoms with E-state index in [1.807, 2.05) is 13.0 Å². The van der Waals surface area contributed by atoms with Crippen LogP contribution in [0.5, 0.6) is 5.75 Å². The Balaban J connectivity index is 2.27. The van der Waals surface area contributed by atoms with Gasteiger partial charge in [-0.25, -0.2) is 8.42 Å². The predicted octanol–water partition coefficient (Wildman–Crippen LogP) is 3.63. The molecule has 158 valence electrons. The number of amides is 1. The lowest BCUT2D eigenvalue weighted by molar-refractivity contribution is -0.121. The standard InChI is InChI=1S/C21H34N2O4S/c1-4-5-9-14-22-21(24)16-23(18-10-7-6-8-11-18)28(25,26)20-15-17(2)12-13-19(20)27-3/h12-13,15,18H,4-11,14,16H2,1-3H3,(H,22,24). The second-order valence-corrected chi connectivity index (χ2v) is 9.41. The van der Waals surface area contributed by atoms with Gasteiger partial charge >= 0.3 is 0 Å². The van der Waals surface area contributed by atoms with Crippen LogP contribution in [0.4, 0.5) is 0 Å². The summed E-state index contributed by atoms with van der Waals surface area (Å²) in [4.78, 5) is 12.6. The lowest BCUT2D eigenvalue weighted by atomic mass is 9.95. The third-order valence-corrected chi connectivity index (χ3v) is 7.21. The molecule has 7 heteroatoms. The average Bonchev–Trinajstić information content (AvgIpc) is 2.70. The molecule has 1 aromatic carbocycles. The first-order valence-electron chi connectivity index (χ1n) is 10.3. The van der Waals surface area contributed by atoms with Crippen molar-refractivity contribution in [3.63, 3.8) is 0 Å². The van der Waals surface area contributed by atoms with Crippen molar-refractivity contribution in [1.82, 2.24) is 9.62 Å². The molecular weight excluding hydrogens is 376 g/mol. The average molecular weight is 411 g/mol. The number of hydrogen-bond acceptors (Lipinski definition) is 4. The summed E-state index contributed by atoms with van der Waals surface area (Å²) in [7, 11) is -2.38. The molecule has 1 aliphatic carbocycles. The zero-order valence-corrected chi connectivity index (χ0v) is 18.2. The molecule has 0 radical (unpaired) electrons. The molecule has 1 aliphatic rings. The van der Waals surface area contributed by atoms with Gasteiger partial charge in [-0.3, -0.25) is 4.79 Å². The Morgan fingerprint density at radius 1 is 1.21 bits per heavy atom. The second-order valence-electron chi connectivity index (χ2n) is 7.55. The normalized spacial score (nSPS) is 15.6.